The number of aromatic nitrogens is 4. The summed E-state index contributed by atoms with van der Waals surface area (Å²) in [4.78, 5) is 22.7. The quantitative estimate of drug-likeness (QED) is 0.760. The molecule has 7 nitrogen and oxygen atoms in total. The van der Waals surface area contributed by atoms with Crippen molar-refractivity contribution in [1.29, 1.82) is 0 Å². The van der Waals surface area contributed by atoms with Gasteiger partial charge in [-0.2, -0.15) is 0 Å². The Morgan fingerprint density at radius 3 is 3.20 bits per heavy atom. The number of hydrogen-bond donors (Lipinski definition) is 1. The highest BCUT2D eigenvalue weighted by Crippen LogP contribution is 2.18. The topological polar surface area (TPSA) is 84.0 Å². The number of carbonyl (C=O) groups excluding carboxylic acids is 1. The number of aromatic amines is 1. The van der Waals surface area contributed by atoms with Gasteiger partial charge in [0.25, 0.3) is 0 Å². The van der Waals surface area contributed by atoms with Crippen LogP contribution >= 0.6 is 11.8 Å². The summed E-state index contributed by atoms with van der Waals surface area (Å²) in [5.41, 5.74) is 1.05. The first kappa shape index (κ1) is 17.9. The van der Waals surface area contributed by atoms with E-state index in [2.05, 4.69) is 20.2 Å². The monoisotopic (exact) mass is 361 g/mol. The second-order valence-electron chi connectivity index (χ2n) is 5.98. The number of thioether (sulfide) groups is 1. The van der Waals surface area contributed by atoms with E-state index in [9.17, 15) is 4.79 Å². The molecule has 0 spiro atoms. The molecule has 1 unspecified atom stereocenters. The van der Waals surface area contributed by atoms with Crippen LogP contribution in [0.2, 0.25) is 0 Å². The minimum absolute atomic E-state index is 0.0816. The van der Waals surface area contributed by atoms with Gasteiger partial charge < -0.3 is 9.64 Å². The number of likely N-dealkylation sites (tertiary alicyclic amines) is 1. The first-order chi connectivity index (χ1) is 12.2. The molecule has 0 aliphatic carbocycles. The Morgan fingerprint density at radius 2 is 2.44 bits per heavy atom. The van der Waals surface area contributed by atoms with Gasteiger partial charge in [-0.1, -0.05) is 24.8 Å². The van der Waals surface area contributed by atoms with Crippen LogP contribution in [-0.2, 0) is 22.6 Å². The van der Waals surface area contributed by atoms with E-state index in [1.807, 2.05) is 30.2 Å². The molecule has 2 aromatic rings. The smallest absolute Gasteiger partial charge is 0.233 e. The molecule has 0 radical (unpaired) electrons. The van der Waals surface area contributed by atoms with Gasteiger partial charge in [-0.15, -0.1) is 5.10 Å². The molecular formula is C17H23N5O2S. The number of nitrogens with zero attached hydrogens (tertiary/aromatic N) is 4. The van der Waals surface area contributed by atoms with Gasteiger partial charge in [-0.25, -0.2) is 4.98 Å². The highest BCUT2D eigenvalue weighted by molar-refractivity contribution is 7.99. The molecular weight excluding hydrogens is 338 g/mol. The summed E-state index contributed by atoms with van der Waals surface area (Å²) in [6.45, 7) is 3.99. The lowest BCUT2D eigenvalue weighted by Crippen LogP contribution is -2.44. The number of carbonyl (C=O) groups is 1. The van der Waals surface area contributed by atoms with E-state index in [-0.39, 0.29) is 12.0 Å². The third kappa shape index (κ3) is 5.27. The van der Waals surface area contributed by atoms with Crippen LogP contribution in [0.1, 0.15) is 31.2 Å². The maximum atomic E-state index is 12.4. The summed E-state index contributed by atoms with van der Waals surface area (Å²) < 4.78 is 5.96. The van der Waals surface area contributed by atoms with Crippen molar-refractivity contribution in [3.05, 3.63) is 35.9 Å². The number of ether oxygens (including phenoxy) is 1. The summed E-state index contributed by atoms with van der Waals surface area (Å²) in [6.07, 6.45) is 6.40. The maximum Gasteiger partial charge on any atom is 0.233 e. The number of amides is 1. The van der Waals surface area contributed by atoms with Crippen LogP contribution < -0.4 is 0 Å². The van der Waals surface area contributed by atoms with Crippen LogP contribution in [0.25, 0.3) is 0 Å². The van der Waals surface area contributed by atoms with Crippen molar-refractivity contribution in [3.63, 3.8) is 0 Å². The molecule has 1 amide bonds. The molecule has 8 heteroatoms. The molecule has 0 saturated carbocycles. The van der Waals surface area contributed by atoms with Gasteiger partial charge in [0.05, 0.1) is 18.5 Å². The third-order valence-corrected chi connectivity index (χ3v) is 4.94. The number of pyridine rings is 1. The van der Waals surface area contributed by atoms with Crippen LogP contribution in [0.3, 0.4) is 0 Å². The standard InChI is InChI=1S/C17H23N5O2S/c1-2-15-19-17(21-20-15)25-12-16(23)22-8-4-6-14(10-22)24-11-13-5-3-7-18-9-13/h3,5,7,9,14H,2,4,6,8,10-12H2,1H3,(H,19,20,21). The third-order valence-electron chi connectivity index (χ3n) is 4.11. The van der Waals surface area contributed by atoms with Crippen LogP contribution in [0.4, 0.5) is 0 Å². The lowest BCUT2D eigenvalue weighted by Gasteiger charge is -2.32. The Balaban J connectivity index is 1.44. The zero-order valence-electron chi connectivity index (χ0n) is 14.4. The second kappa shape index (κ2) is 8.96. The largest absolute Gasteiger partial charge is 0.372 e. The molecule has 1 saturated heterocycles. The molecule has 134 valence electrons. The van der Waals surface area contributed by atoms with Gasteiger partial charge in [-0.05, 0) is 24.5 Å². The van der Waals surface area contributed by atoms with Crippen molar-refractivity contribution >= 4 is 17.7 Å². The Kier molecular flexibility index (Phi) is 6.41. The van der Waals surface area contributed by atoms with Gasteiger partial charge in [0.1, 0.15) is 5.82 Å². The fourth-order valence-corrected chi connectivity index (χ4v) is 3.44. The molecule has 2 aromatic heterocycles. The SMILES string of the molecule is CCc1nc(SCC(=O)N2CCCC(OCc3cccnc3)C2)n[nH]1. The predicted octanol–water partition coefficient (Wildman–Crippen LogP) is 2.06. The Morgan fingerprint density at radius 1 is 1.52 bits per heavy atom. The van der Waals surface area contributed by atoms with Crippen molar-refractivity contribution in [2.75, 3.05) is 18.8 Å². The fourth-order valence-electron chi connectivity index (χ4n) is 2.72. The molecule has 1 aliphatic heterocycles. The minimum atomic E-state index is 0.0816. The first-order valence-corrected chi connectivity index (χ1v) is 9.55. The number of H-pyrrole nitrogens is 1. The van der Waals surface area contributed by atoms with Gasteiger partial charge >= 0.3 is 0 Å². The fraction of sp³-hybridized carbons (Fsp3) is 0.529. The average molecular weight is 361 g/mol. The van der Waals surface area contributed by atoms with Crippen molar-refractivity contribution in [2.45, 2.75) is 44.1 Å². The van der Waals surface area contributed by atoms with Gasteiger partial charge in [0.2, 0.25) is 11.1 Å². The van der Waals surface area contributed by atoms with E-state index in [1.54, 1.807) is 6.20 Å². The predicted molar refractivity (Wildman–Crippen MR) is 95.1 cm³/mol. The number of rotatable bonds is 7. The number of aryl methyl sites for hydroxylation is 1. The number of piperidine rings is 1. The highest BCUT2D eigenvalue weighted by atomic mass is 32.2. The number of hydrogen-bond acceptors (Lipinski definition) is 6. The van der Waals surface area contributed by atoms with Crippen LogP contribution in [-0.4, -0.2) is 55.9 Å². The van der Waals surface area contributed by atoms with Gasteiger partial charge in [0.15, 0.2) is 0 Å². The van der Waals surface area contributed by atoms with Crippen molar-refractivity contribution in [2.24, 2.45) is 0 Å². The molecule has 1 atom stereocenters. The average Bonchev–Trinajstić information content (AvgIpc) is 3.14. The van der Waals surface area contributed by atoms with E-state index in [4.69, 9.17) is 4.74 Å². The zero-order chi connectivity index (χ0) is 17.5. The van der Waals surface area contributed by atoms with Crippen LogP contribution in [0.15, 0.2) is 29.7 Å². The summed E-state index contributed by atoms with van der Waals surface area (Å²) in [5.74, 6) is 1.32. The molecule has 25 heavy (non-hydrogen) atoms. The van der Waals surface area contributed by atoms with E-state index in [1.165, 1.54) is 11.8 Å². The molecule has 3 rings (SSSR count). The Labute approximate surface area is 151 Å². The van der Waals surface area contributed by atoms with E-state index in [0.29, 0.717) is 24.1 Å². The highest BCUT2D eigenvalue weighted by Gasteiger charge is 2.24. The lowest BCUT2D eigenvalue weighted by molar-refractivity contribution is -0.132. The van der Waals surface area contributed by atoms with Crippen molar-refractivity contribution < 1.29 is 9.53 Å². The summed E-state index contributed by atoms with van der Waals surface area (Å²) in [6, 6.07) is 3.90. The van der Waals surface area contributed by atoms with Gasteiger partial charge in [0, 0.05) is 31.9 Å². The summed E-state index contributed by atoms with van der Waals surface area (Å²) in [5, 5.41) is 7.60. The second-order valence-corrected chi connectivity index (χ2v) is 6.93. The molecule has 1 N–H and O–H groups in total. The summed E-state index contributed by atoms with van der Waals surface area (Å²) in [7, 11) is 0. The Bertz CT molecular complexity index is 679. The molecule has 3 heterocycles. The molecule has 0 bridgehead atoms. The minimum Gasteiger partial charge on any atom is -0.372 e. The molecule has 1 aliphatic rings. The van der Waals surface area contributed by atoms with E-state index >= 15 is 0 Å². The zero-order valence-corrected chi connectivity index (χ0v) is 15.2. The first-order valence-electron chi connectivity index (χ1n) is 8.57. The summed E-state index contributed by atoms with van der Waals surface area (Å²) >= 11 is 1.38. The number of nitrogens with one attached hydrogen (secondary N) is 1. The normalized spacial score (nSPS) is 17.6. The van der Waals surface area contributed by atoms with Crippen LogP contribution in [0, 0.1) is 0 Å². The van der Waals surface area contributed by atoms with Crippen molar-refractivity contribution in [1.82, 2.24) is 25.1 Å². The maximum absolute atomic E-state index is 12.4. The van der Waals surface area contributed by atoms with E-state index < -0.39 is 0 Å². The lowest BCUT2D eigenvalue weighted by atomic mass is 10.1. The molecule has 1 fully saturated rings. The Hall–Kier alpha value is -1.93. The molecule has 0 aromatic carbocycles. The van der Waals surface area contributed by atoms with E-state index in [0.717, 1.165) is 37.2 Å². The van der Waals surface area contributed by atoms with Crippen LogP contribution in [0.5, 0.6) is 0 Å². The van der Waals surface area contributed by atoms with Crippen molar-refractivity contribution in [3.8, 4) is 0 Å². The van der Waals surface area contributed by atoms with Gasteiger partial charge in [-0.3, -0.25) is 14.9 Å².